The quantitative estimate of drug-likeness (QED) is 0.868. The highest BCUT2D eigenvalue weighted by Crippen LogP contribution is 2.38. The van der Waals surface area contributed by atoms with E-state index in [0.29, 0.717) is 11.8 Å². The summed E-state index contributed by atoms with van der Waals surface area (Å²) in [6, 6.07) is 5.83. The Morgan fingerprint density at radius 2 is 2.00 bits per heavy atom. The van der Waals surface area contributed by atoms with Gasteiger partial charge in [0, 0.05) is 18.0 Å². The maximum absolute atomic E-state index is 9.67. The fourth-order valence-corrected chi connectivity index (χ4v) is 2.74. The van der Waals surface area contributed by atoms with Crippen molar-refractivity contribution in [1.82, 2.24) is 4.90 Å². The second-order valence-corrected chi connectivity index (χ2v) is 4.91. The molecule has 1 aromatic rings. The highest BCUT2D eigenvalue weighted by molar-refractivity contribution is 5.42. The number of rotatable bonds is 5. The molecule has 100 valence electrons. The molecule has 0 bridgehead atoms. The van der Waals surface area contributed by atoms with Crippen LogP contribution < -0.4 is 4.74 Å². The molecular formula is C15H23NO2. The Balaban J connectivity index is 2.26. The lowest BCUT2D eigenvalue weighted by Crippen LogP contribution is -2.33. The summed E-state index contributed by atoms with van der Waals surface area (Å²) in [6.45, 7) is 7.41. The average Bonchev–Trinajstić information content (AvgIpc) is 2.38. The van der Waals surface area contributed by atoms with Gasteiger partial charge in [-0.05, 0) is 44.1 Å². The van der Waals surface area contributed by atoms with E-state index in [9.17, 15) is 5.11 Å². The van der Waals surface area contributed by atoms with Crippen LogP contribution in [-0.4, -0.2) is 29.7 Å². The van der Waals surface area contributed by atoms with Crippen LogP contribution in [-0.2, 0) is 0 Å². The Morgan fingerprint density at radius 3 is 2.67 bits per heavy atom. The normalized spacial score (nSPS) is 18.5. The lowest BCUT2D eigenvalue weighted by atomic mass is 9.98. The van der Waals surface area contributed by atoms with Gasteiger partial charge in [-0.2, -0.15) is 0 Å². The first-order chi connectivity index (χ1) is 8.76. The van der Waals surface area contributed by atoms with Crippen LogP contribution >= 0.6 is 0 Å². The average molecular weight is 249 g/mol. The van der Waals surface area contributed by atoms with Gasteiger partial charge < -0.3 is 9.84 Å². The van der Waals surface area contributed by atoms with Crippen molar-refractivity contribution in [1.29, 1.82) is 0 Å². The van der Waals surface area contributed by atoms with E-state index in [4.69, 9.17) is 4.74 Å². The van der Waals surface area contributed by atoms with Crippen molar-refractivity contribution in [2.45, 2.75) is 39.2 Å². The number of benzene rings is 1. The van der Waals surface area contributed by atoms with Crippen LogP contribution in [0.1, 0.15) is 44.7 Å². The number of phenolic OH excluding ortho intramolecular Hbond substituents is 1. The van der Waals surface area contributed by atoms with Crippen molar-refractivity contribution in [3.8, 4) is 11.5 Å². The van der Waals surface area contributed by atoms with E-state index in [2.05, 4.69) is 18.7 Å². The fraction of sp³-hybridized carbons (Fsp3) is 0.600. The topological polar surface area (TPSA) is 32.7 Å². The molecule has 0 amide bonds. The minimum Gasteiger partial charge on any atom is -0.508 e. The highest BCUT2D eigenvalue weighted by Gasteiger charge is 2.26. The Bertz CT molecular complexity index is 386. The second kappa shape index (κ2) is 6.10. The highest BCUT2D eigenvalue weighted by atomic mass is 16.5. The number of phenols is 1. The fourth-order valence-electron chi connectivity index (χ4n) is 2.74. The van der Waals surface area contributed by atoms with Gasteiger partial charge in [-0.1, -0.05) is 13.8 Å². The van der Waals surface area contributed by atoms with Crippen LogP contribution in [0.3, 0.4) is 0 Å². The van der Waals surface area contributed by atoms with Gasteiger partial charge in [0.25, 0.3) is 0 Å². The van der Waals surface area contributed by atoms with E-state index in [0.717, 1.165) is 50.3 Å². The minimum atomic E-state index is 0.331. The lowest BCUT2D eigenvalue weighted by Gasteiger charge is -2.35. The van der Waals surface area contributed by atoms with E-state index in [1.807, 2.05) is 12.1 Å². The summed E-state index contributed by atoms with van der Waals surface area (Å²) in [7, 11) is 0. The maximum atomic E-state index is 9.67. The van der Waals surface area contributed by atoms with Gasteiger partial charge in [-0.25, -0.2) is 0 Å². The van der Waals surface area contributed by atoms with Crippen LogP contribution in [0.4, 0.5) is 0 Å². The molecule has 1 unspecified atom stereocenters. The molecule has 2 rings (SSSR count). The molecule has 0 aliphatic carbocycles. The third-order valence-corrected chi connectivity index (χ3v) is 3.46. The Kier molecular flexibility index (Phi) is 4.48. The third-order valence-electron chi connectivity index (χ3n) is 3.46. The Hall–Kier alpha value is -1.22. The van der Waals surface area contributed by atoms with Gasteiger partial charge in [0.2, 0.25) is 0 Å². The predicted molar refractivity (Wildman–Crippen MR) is 73.1 cm³/mol. The van der Waals surface area contributed by atoms with Crippen LogP contribution in [0.25, 0.3) is 0 Å². The molecule has 1 N–H and O–H groups in total. The zero-order valence-electron chi connectivity index (χ0n) is 11.4. The third kappa shape index (κ3) is 2.78. The van der Waals surface area contributed by atoms with Crippen molar-refractivity contribution in [2.75, 3.05) is 19.7 Å². The minimum absolute atomic E-state index is 0.331. The van der Waals surface area contributed by atoms with Gasteiger partial charge in [-0.3, -0.25) is 4.90 Å². The van der Waals surface area contributed by atoms with Crippen molar-refractivity contribution in [2.24, 2.45) is 0 Å². The van der Waals surface area contributed by atoms with Crippen molar-refractivity contribution >= 4 is 0 Å². The summed E-state index contributed by atoms with van der Waals surface area (Å²) < 4.78 is 5.68. The van der Waals surface area contributed by atoms with Crippen LogP contribution in [0.2, 0.25) is 0 Å². The molecule has 0 spiro atoms. The van der Waals surface area contributed by atoms with E-state index in [-0.39, 0.29) is 0 Å². The summed E-state index contributed by atoms with van der Waals surface area (Å²) >= 11 is 0. The Morgan fingerprint density at radius 1 is 1.28 bits per heavy atom. The smallest absolute Gasteiger partial charge is 0.124 e. The lowest BCUT2D eigenvalue weighted by molar-refractivity contribution is 0.139. The number of fused-ring (bicyclic) bond motifs is 1. The number of aromatic hydroxyl groups is 1. The monoisotopic (exact) mass is 249 g/mol. The van der Waals surface area contributed by atoms with Crippen molar-refractivity contribution < 1.29 is 9.84 Å². The number of nitrogens with zero attached hydrogens (tertiary/aromatic N) is 1. The zero-order chi connectivity index (χ0) is 13.0. The first kappa shape index (κ1) is 13.2. The van der Waals surface area contributed by atoms with Gasteiger partial charge >= 0.3 is 0 Å². The molecule has 1 aliphatic heterocycles. The molecule has 3 nitrogen and oxygen atoms in total. The molecule has 0 radical (unpaired) electrons. The first-order valence-electron chi connectivity index (χ1n) is 6.96. The molecule has 0 saturated heterocycles. The summed E-state index contributed by atoms with van der Waals surface area (Å²) in [5, 5.41) is 9.67. The Labute approximate surface area is 109 Å². The van der Waals surface area contributed by atoms with E-state index in [1.165, 1.54) is 0 Å². The van der Waals surface area contributed by atoms with Gasteiger partial charge in [-0.15, -0.1) is 0 Å². The standard InChI is InChI=1S/C15H23NO2/c1-3-8-16(9-4-2)14-7-10-18-15-6-5-12(17)11-13(14)15/h5-6,11,14,17H,3-4,7-10H2,1-2H3. The van der Waals surface area contributed by atoms with Gasteiger partial charge in [0.1, 0.15) is 11.5 Å². The molecule has 1 heterocycles. The summed E-state index contributed by atoms with van der Waals surface area (Å²) in [6.07, 6.45) is 3.33. The summed E-state index contributed by atoms with van der Waals surface area (Å²) in [4.78, 5) is 2.51. The van der Waals surface area contributed by atoms with E-state index in [1.54, 1.807) is 6.07 Å². The van der Waals surface area contributed by atoms with Crippen LogP contribution in [0.5, 0.6) is 11.5 Å². The van der Waals surface area contributed by atoms with Crippen molar-refractivity contribution in [3.05, 3.63) is 23.8 Å². The predicted octanol–water partition coefficient (Wildman–Crippen LogP) is 3.34. The number of ether oxygens (including phenoxy) is 1. The number of hydrogen-bond acceptors (Lipinski definition) is 3. The molecule has 0 fully saturated rings. The summed E-state index contributed by atoms with van der Waals surface area (Å²) in [5.74, 6) is 1.26. The largest absolute Gasteiger partial charge is 0.508 e. The molecule has 1 aromatic carbocycles. The van der Waals surface area contributed by atoms with E-state index >= 15 is 0 Å². The molecular weight excluding hydrogens is 226 g/mol. The maximum Gasteiger partial charge on any atom is 0.124 e. The molecule has 0 aromatic heterocycles. The van der Waals surface area contributed by atoms with Crippen LogP contribution in [0.15, 0.2) is 18.2 Å². The zero-order valence-corrected chi connectivity index (χ0v) is 11.4. The molecule has 1 aliphatic rings. The SMILES string of the molecule is CCCN(CCC)C1CCOc2ccc(O)cc21. The number of hydrogen-bond donors (Lipinski definition) is 1. The first-order valence-corrected chi connectivity index (χ1v) is 6.96. The molecule has 3 heteroatoms. The van der Waals surface area contributed by atoms with Gasteiger partial charge in [0.05, 0.1) is 6.61 Å². The van der Waals surface area contributed by atoms with Crippen LogP contribution in [0, 0.1) is 0 Å². The van der Waals surface area contributed by atoms with Gasteiger partial charge in [0.15, 0.2) is 0 Å². The molecule has 1 atom stereocenters. The molecule has 18 heavy (non-hydrogen) atoms. The second-order valence-electron chi connectivity index (χ2n) is 4.91. The van der Waals surface area contributed by atoms with Crippen molar-refractivity contribution in [3.63, 3.8) is 0 Å². The van der Waals surface area contributed by atoms with E-state index < -0.39 is 0 Å². The summed E-state index contributed by atoms with van der Waals surface area (Å²) in [5.41, 5.74) is 1.14. The molecule has 0 saturated carbocycles.